The average molecular weight is 275 g/mol. The third-order valence-corrected chi connectivity index (χ3v) is 3.24. The predicted octanol–water partition coefficient (Wildman–Crippen LogP) is 1.69. The second-order valence-corrected chi connectivity index (χ2v) is 4.96. The molecule has 108 valence electrons. The maximum Gasteiger partial charge on any atom is 0.216 e. The zero-order chi connectivity index (χ0) is 14.7. The molecule has 0 aromatic carbocycles. The van der Waals surface area contributed by atoms with E-state index in [1.807, 2.05) is 20.9 Å². The fourth-order valence-corrected chi connectivity index (χ4v) is 2.05. The minimum atomic E-state index is 0.0738. The van der Waals surface area contributed by atoms with Crippen LogP contribution in [-0.4, -0.2) is 26.9 Å². The van der Waals surface area contributed by atoms with Crippen LogP contribution >= 0.6 is 0 Å². The lowest BCUT2D eigenvalue weighted by Crippen LogP contribution is -2.21. The van der Waals surface area contributed by atoms with Crippen LogP contribution in [0.25, 0.3) is 0 Å². The van der Waals surface area contributed by atoms with E-state index in [2.05, 4.69) is 33.4 Å². The monoisotopic (exact) mass is 275 g/mol. The fourth-order valence-electron chi connectivity index (χ4n) is 2.05. The van der Waals surface area contributed by atoms with Crippen molar-refractivity contribution in [2.45, 2.75) is 33.4 Å². The average Bonchev–Trinajstić information content (AvgIpc) is 2.84. The van der Waals surface area contributed by atoms with Crippen LogP contribution in [0.5, 0.6) is 5.88 Å². The van der Waals surface area contributed by atoms with Crippen molar-refractivity contribution in [1.82, 2.24) is 25.1 Å². The van der Waals surface area contributed by atoms with Crippen molar-refractivity contribution in [1.29, 1.82) is 0 Å². The van der Waals surface area contributed by atoms with Gasteiger partial charge in [-0.15, -0.1) is 0 Å². The summed E-state index contributed by atoms with van der Waals surface area (Å²) >= 11 is 0. The molecule has 6 heteroatoms. The van der Waals surface area contributed by atoms with Crippen LogP contribution in [0.15, 0.2) is 12.4 Å². The van der Waals surface area contributed by atoms with Gasteiger partial charge in [0.05, 0.1) is 18.8 Å². The molecule has 0 saturated carbocycles. The summed E-state index contributed by atoms with van der Waals surface area (Å²) in [6, 6.07) is 2.16. The van der Waals surface area contributed by atoms with E-state index in [0.29, 0.717) is 12.4 Å². The zero-order valence-corrected chi connectivity index (χ0v) is 12.6. The van der Waals surface area contributed by atoms with E-state index in [1.54, 1.807) is 18.1 Å². The first-order valence-corrected chi connectivity index (χ1v) is 6.61. The number of hydrogen-bond acceptors (Lipinski definition) is 5. The molecular formula is C14H21N5O. The third-order valence-electron chi connectivity index (χ3n) is 3.24. The van der Waals surface area contributed by atoms with Crippen molar-refractivity contribution in [3.8, 4) is 5.88 Å². The van der Waals surface area contributed by atoms with E-state index in [9.17, 15) is 0 Å². The van der Waals surface area contributed by atoms with Gasteiger partial charge in [0.15, 0.2) is 5.82 Å². The van der Waals surface area contributed by atoms with Gasteiger partial charge in [-0.05, 0) is 32.4 Å². The second-order valence-electron chi connectivity index (χ2n) is 4.96. The fraction of sp³-hybridized carbons (Fsp3) is 0.500. The first kappa shape index (κ1) is 14.5. The number of pyridine rings is 1. The van der Waals surface area contributed by atoms with E-state index in [0.717, 1.165) is 22.6 Å². The highest BCUT2D eigenvalue weighted by atomic mass is 16.5. The third kappa shape index (κ3) is 3.14. The molecule has 0 fully saturated rings. The summed E-state index contributed by atoms with van der Waals surface area (Å²) < 4.78 is 6.97. The highest BCUT2D eigenvalue weighted by Crippen LogP contribution is 2.18. The van der Waals surface area contributed by atoms with E-state index in [4.69, 9.17) is 4.74 Å². The number of nitrogens with zero attached hydrogens (tertiary/aromatic N) is 4. The molecule has 6 nitrogen and oxygen atoms in total. The Bertz CT molecular complexity index is 593. The Kier molecular flexibility index (Phi) is 4.34. The lowest BCUT2D eigenvalue weighted by Gasteiger charge is -2.13. The van der Waals surface area contributed by atoms with Crippen molar-refractivity contribution in [3.05, 3.63) is 35.0 Å². The van der Waals surface area contributed by atoms with Gasteiger partial charge in [0.1, 0.15) is 6.33 Å². The van der Waals surface area contributed by atoms with Crippen molar-refractivity contribution < 1.29 is 4.74 Å². The number of methoxy groups -OCH3 is 1. The lowest BCUT2D eigenvalue weighted by atomic mass is 10.1. The standard InChI is InChI=1S/C14H21N5O/c1-9-6-10(2)14(20-5)17-12(9)7-15-11(3)13-16-8-19(4)18-13/h6,8,11,15H,7H2,1-5H3. The Labute approximate surface area is 119 Å². The van der Waals surface area contributed by atoms with Gasteiger partial charge in [0.25, 0.3) is 0 Å². The Morgan fingerprint density at radius 3 is 2.70 bits per heavy atom. The number of hydrogen-bond donors (Lipinski definition) is 1. The molecule has 0 aliphatic carbocycles. The Balaban J connectivity index is 2.07. The van der Waals surface area contributed by atoms with Crippen molar-refractivity contribution in [3.63, 3.8) is 0 Å². The van der Waals surface area contributed by atoms with Crippen molar-refractivity contribution in [2.24, 2.45) is 7.05 Å². The largest absolute Gasteiger partial charge is 0.481 e. The van der Waals surface area contributed by atoms with Crippen molar-refractivity contribution >= 4 is 0 Å². The molecule has 1 atom stereocenters. The zero-order valence-electron chi connectivity index (χ0n) is 12.6. The molecular weight excluding hydrogens is 254 g/mol. The van der Waals surface area contributed by atoms with Gasteiger partial charge in [-0.3, -0.25) is 4.68 Å². The Morgan fingerprint density at radius 1 is 1.35 bits per heavy atom. The van der Waals surface area contributed by atoms with E-state index < -0.39 is 0 Å². The van der Waals surface area contributed by atoms with Crippen molar-refractivity contribution in [2.75, 3.05) is 7.11 Å². The van der Waals surface area contributed by atoms with E-state index >= 15 is 0 Å². The van der Waals surface area contributed by atoms with Crippen LogP contribution in [0.3, 0.4) is 0 Å². The van der Waals surface area contributed by atoms with Crippen LogP contribution in [-0.2, 0) is 13.6 Å². The quantitative estimate of drug-likeness (QED) is 0.899. The molecule has 0 bridgehead atoms. The van der Waals surface area contributed by atoms with E-state index in [-0.39, 0.29) is 6.04 Å². The molecule has 20 heavy (non-hydrogen) atoms. The van der Waals surface area contributed by atoms with Crippen LogP contribution < -0.4 is 10.1 Å². The molecule has 0 aliphatic rings. The summed E-state index contributed by atoms with van der Waals surface area (Å²) in [5.41, 5.74) is 3.18. The minimum Gasteiger partial charge on any atom is -0.481 e. The second kappa shape index (κ2) is 6.00. The molecule has 0 radical (unpaired) electrons. The number of rotatable bonds is 5. The first-order chi connectivity index (χ1) is 9.51. The topological polar surface area (TPSA) is 64.9 Å². The van der Waals surface area contributed by atoms with Gasteiger partial charge >= 0.3 is 0 Å². The summed E-state index contributed by atoms with van der Waals surface area (Å²) in [4.78, 5) is 8.77. The minimum absolute atomic E-state index is 0.0738. The number of ether oxygens (including phenoxy) is 1. The van der Waals surface area contributed by atoms with Gasteiger partial charge in [-0.1, -0.05) is 0 Å². The SMILES string of the molecule is COc1nc(CNC(C)c2ncn(C)n2)c(C)cc1C. The van der Waals surface area contributed by atoms with Crippen LogP contribution in [0.4, 0.5) is 0 Å². The highest BCUT2D eigenvalue weighted by molar-refractivity contribution is 5.32. The summed E-state index contributed by atoms with van der Waals surface area (Å²) in [6.07, 6.45) is 1.70. The van der Waals surface area contributed by atoms with Gasteiger partial charge in [-0.25, -0.2) is 9.97 Å². The number of nitrogens with one attached hydrogen (secondary N) is 1. The predicted molar refractivity (Wildman–Crippen MR) is 76.5 cm³/mol. The lowest BCUT2D eigenvalue weighted by molar-refractivity contribution is 0.391. The highest BCUT2D eigenvalue weighted by Gasteiger charge is 2.12. The summed E-state index contributed by atoms with van der Waals surface area (Å²) in [7, 11) is 3.50. The molecule has 1 unspecified atom stereocenters. The van der Waals surface area contributed by atoms with Crippen LogP contribution in [0.1, 0.15) is 35.6 Å². The van der Waals surface area contributed by atoms with Gasteiger partial charge in [0.2, 0.25) is 5.88 Å². The maximum atomic E-state index is 5.27. The molecule has 0 aliphatic heterocycles. The summed E-state index contributed by atoms with van der Waals surface area (Å²) in [5.74, 6) is 1.46. The first-order valence-electron chi connectivity index (χ1n) is 6.61. The summed E-state index contributed by atoms with van der Waals surface area (Å²) in [6.45, 7) is 6.74. The van der Waals surface area contributed by atoms with Gasteiger partial charge in [-0.2, -0.15) is 5.10 Å². The molecule has 1 N–H and O–H groups in total. The normalized spacial score (nSPS) is 12.4. The van der Waals surface area contributed by atoms with Gasteiger partial charge < -0.3 is 10.1 Å². The number of aromatic nitrogens is 4. The molecule has 0 amide bonds. The Morgan fingerprint density at radius 2 is 2.10 bits per heavy atom. The molecule has 2 rings (SSSR count). The Hall–Kier alpha value is -1.95. The van der Waals surface area contributed by atoms with Gasteiger partial charge in [0, 0.05) is 19.2 Å². The van der Waals surface area contributed by atoms with Crippen LogP contribution in [0.2, 0.25) is 0 Å². The van der Waals surface area contributed by atoms with E-state index in [1.165, 1.54) is 0 Å². The molecule has 2 aromatic heterocycles. The molecule has 0 saturated heterocycles. The smallest absolute Gasteiger partial charge is 0.216 e. The number of aryl methyl sites for hydroxylation is 3. The molecule has 2 heterocycles. The summed E-state index contributed by atoms with van der Waals surface area (Å²) in [5, 5.41) is 7.67. The molecule has 0 spiro atoms. The maximum absolute atomic E-state index is 5.27. The van der Waals surface area contributed by atoms with Crippen LogP contribution in [0, 0.1) is 13.8 Å². The molecule has 2 aromatic rings.